The lowest BCUT2D eigenvalue weighted by molar-refractivity contribution is 0.364. The molecule has 0 aliphatic carbocycles. The number of para-hydroxylation sites is 1. The summed E-state index contributed by atoms with van der Waals surface area (Å²) in [5, 5.41) is 3.70. The average molecular weight is 751 g/mol. The van der Waals surface area contributed by atoms with Gasteiger partial charge in [-0.2, -0.15) is 0 Å². The first kappa shape index (κ1) is 24.2. The molecule has 0 atom stereocenters. The molecule has 8 heterocycles. The number of hydrogen-bond donors (Lipinski definition) is 0. The largest absolute Gasteiger partial charge is 0.457 e. The van der Waals surface area contributed by atoms with Crippen molar-refractivity contribution in [3.8, 4) is 23.2 Å². The molecule has 0 fully saturated rings. The molecule has 4 aromatic heterocycles. The van der Waals surface area contributed by atoms with E-state index in [-0.39, 0.29) is 35.3 Å². The molecule has 258 valence electrons. The molecule has 55 heavy (non-hydrogen) atoms. The lowest BCUT2D eigenvalue weighted by Crippen LogP contribution is -2.61. The number of benzene rings is 5. The Kier molecular flexibility index (Phi) is 4.72. The number of thiophene rings is 2. The minimum atomic E-state index is -0.497. The van der Waals surface area contributed by atoms with E-state index in [2.05, 4.69) is 49.1 Å². The van der Waals surface area contributed by atoms with Crippen molar-refractivity contribution in [2.45, 2.75) is 13.8 Å². The fourth-order valence-corrected chi connectivity index (χ4v) is 11.2. The number of ether oxygens (including phenoxy) is 2. The molecule has 0 unspecified atom stereocenters. The highest BCUT2D eigenvalue weighted by Crippen LogP contribution is 2.47. The molecule has 0 spiro atoms. The van der Waals surface area contributed by atoms with Gasteiger partial charge in [0.15, 0.2) is 5.58 Å². The Labute approximate surface area is 334 Å². The van der Waals surface area contributed by atoms with Crippen molar-refractivity contribution < 1.29 is 23.5 Å². The zero-order valence-electron chi connectivity index (χ0n) is 36.1. The van der Waals surface area contributed by atoms with Crippen molar-refractivity contribution in [1.29, 1.82) is 0 Å². The molecule has 9 aromatic rings. The van der Waals surface area contributed by atoms with Gasteiger partial charge in [0.05, 0.1) is 30.9 Å². The van der Waals surface area contributed by atoms with E-state index in [1.165, 1.54) is 27.2 Å². The molecule has 5 aromatic carbocycles. The van der Waals surface area contributed by atoms with Crippen LogP contribution in [0.5, 0.6) is 23.2 Å². The van der Waals surface area contributed by atoms with Gasteiger partial charge >= 0.3 is 0 Å². The van der Waals surface area contributed by atoms with Crippen LogP contribution in [-0.2, 0) is 0 Å². The van der Waals surface area contributed by atoms with Gasteiger partial charge < -0.3 is 23.7 Å². The number of rotatable bonds is 2. The summed E-state index contributed by atoms with van der Waals surface area (Å²) in [5.41, 5.74) is 10.6. The number of anilines is 6. The van der Waals surface area contributed by atoms with Crippen LogP contribution in [0.25, 0.3) is 21.9 Å². The molecule has 4 aliphatic heterocycles. The Bertz CT molecular complexity index is 3530. The zero-order chi connectivity index (χ0) is 42.2. The van der Waals surface area contributed by atoms with Gasteiger partial charge in [-0.3, -0.25) is 4.98 Å². The summed E-state index contributed by atoms with van der Waals surface area (Å²) in [6.07, 6.45) is 0. The Hall–Kier alpha value is -6.22. The maximum absolute atomic E-state index is 9.30. The van der Waals surface area contributed by atoms with Gasteiger partial charge in [0, 0.05) is 38.9 Å². The van der Waals surface area contributed by atoms with Crippen molar-refractivity contribution in [2.75, 3.05) is 9.80 Å². The molecule has 13 rings (SSSR count). The predicted octanol–water partition coefficient (Wildman–Crippen LogP) is 8.53. The van der Waals surface area contributed by atoms with Gasteiger partial charge in [-0.15, -0.1) is 22.7 Å². The SMILES string of the molecule is [2H]c1c([2H])c([2H])c2c(N3c4cccc5c4B(c4ccsc43)c3nc4c6c(oc4cc3O5)Oc3cccc4c3B6c3c(sc(C)c3C)N4c3ccccc3)c([2H])c([2H])c([2H])c2c1[2H]. The number of aryl methyl sites for hydroxylation is 1. The van der Waals surface area contributed by atoms with Gasteiger partial charge in [-0.25, -0.2) is 0 Å². The van der Waals surface area contributed by atoms with Gasteiger partial charge in [-0.1, -0.05) is 72.7 Å². The Morgan fingerprint density at radius 2 is 1.47 bits per heavy atom. The monoisotopic (exact) mass is 750 g/mol. The minimum absolute atomic E-state index is 0.00989. The third-order valence-corrected chi connectivity index (χ3v) is 13.5. The predicted molar refractivity (Wildman–Crippen MR) is 228 cm³/mol. The number of furan rings is 1. The summed E-state index contributed by atoms with van der Waals surface area (Å²) < 4.78 is 81.8. The van der Waals surface area contributed by atoms with E-state index >= 15 is 0 Å². The second kappa shape index (κ2) is 10.7. The third kappa shape index (κ3) is 3.87. The van der Waals surface area contributed by atoms with E-state index in [9.17, 15) is 1.37 Å². The van der Waals surface area contributed by atoms with Crippen LogP contribution in [0.1, 0.15) is 20.0 Å². The summed E-state index contributed by atoms with van der Waals surface area (Å²) in [4.78, 5) is 10.9. The summed E-state index contributed by atoms with van der Waals surface area (Å²) in [7, 11) is 0. The van der Waals surface area contributed by atoms with Gasteiger partial charge in [-0.05, 0) is 94.5 Å². The number of aromatic nitrogens is 1. The fourth-order valence-electron chi connectivity index (χ4n) is 9.02. The summed E-state index contributed by atoms with van der Waals surface area (Å²) >= 11 is 3.19. The van der Waals surface area contributed by atoms with Crippen LogP contribution in [-0.4, -0.2) is 18.4 Å². The summed E-state index contributed by atoms with van der Waals surface area (Å²) in [5.74, 6) is 2.19. The topological polar surface area (TPSA) is 51.0 Å². The third-order valence-electron chi connectivity index (χ3n) is 11.4. The van der Waals surface area contributed by atoms with Crippen molar-refractivity contribution in [2.24, 2.45) is 0 Å². The second-order valence-electron chi connectivity index (χ2n) is 14.1. The Morgan fingerprint density at radius 3 is 2.35 bits per heavy atom. The number of hydrogen-bond acceptors (Lipinski definition) is 8. The van der Waals surface area contributed by atoms with Crippen molar-refractivity contribution in [3.05, 3.63) is 137 Å². The fraction of sp³-hybridized carbons (Fsp3) is 0.0444. The number of fused-ring (bicyclic) bond motifs is 11. The normalized spacial score (nSPS) is 15.9. The van der Waals surface area contributed by atoms with Crippen LogP contribution < -0.4 is 52.2 Å². The molecule has 0 N–H and O–H groups in total. The number of nitrogens with zero attached hydrogens (tertiary/aromatic N) is 3. The number of pyridine rings is 1. The first-order valence-electron chi connectivity index (χ1n) is 21.4. The molecule has 0 radical (unpaired) electrons. The molecule has 10 heteroatoms. The van der Waals surface area contributed by atoms with Gasteiger partial charge in [0.25, 0.3) is 19.4 Å². The average Bonchev–Trinajstić information content (AvgIpc) is 3.99. The quantitative estimate of drug-likeness (QED) is 0.165. The van der Waals surface area contributed by atoms with E-state index in [1.807, 2.05) is 53.9 Å². The molecule has 6 nitrogen and oxygen atoms in total. The van der Waals surface area contributed by atoms with Crippen LogP contribution >= 0.6 is 22.7 Å². The molecule has 0 saturated carbocycles. The summed E-state index contributed by atoms with van der Waals surface area (Å²) in [6.45, 7) is 3.67. The standard InChI is InChI=1S/C45H27B2N3O3S2/c1-24-25(2)55-44-37(24)47-39-31(49(44)27-13-4-3-5-14-27)17-9-20-34(39)52-45-40(47)41-35(53-45)23-36-42(48-41)46-29-21-22-54-43(29)50(32-18-10-19-33(51-36)38(32)46)30-16-8-12-26-11-6-7-15-28(26)30/h3-23H,1-2H3/i6D,7D,8D,11D,12D,15D,16D. The molecule has 0 amide bonds. The van der Waals surface area contributed by atoms with E-state index in [4.69, 9.17) is 27.1 Å². The molecule has 4 aliphatic rings. The van der Waals surface area contributed by atoms with Gasteiger partial charge in [0.1, 0.15) is 22.8 Å². The van der Waals surface area contributed by atoms with Crippen molar-refractivity contribution >= 4 is 124 Å². The molecular weight excluding hydrogens is 716 g/mol. The van der Waals surface area contributed by atoms with Crippen LogP contribution in [0.15, 0.2) is 131 Å². The Balaban J connectivity index is 1.04. The highest BCUT2D eigenvalue weighted by Gasteiger charge is 2.49. The van der Waals surface area contributed by atoms with E-state index in [0.29, 0.717) is 44.8 Å². The lowest BCUT2D eigenvalue weighted by atomic mass is 9.34. The molecule has 0 bridgehead atoms. The van der Waals surface area contributed by atoms with Crippen LogP contribution in [0, 0.1) is 13.8 Å². The lowest BCUT2D eigenvalue weighted by Gasteiger charge is -2.38. The second-order valence-corrected chi connectivity index (χ2v) is 16.2. The van der Waals surface area contributed by atoms with E-state index in [0.717, 1.165) is 44.0 Å². The maximum Gasteiger partial charge on any atom is 0.287 e. The smallest absolute Gasteiger partial charge is 0.287 e. The highest BCUT2D eigenvalue weighted by atomic mass is 32.1. The first-order valence-corrected chi connectivity index (χ1v) is 19.6. The molecule has 0 saturated heterocycles. The van der Waals surface area contributed by atoms with Crippen molar-refractivity contribution in [3.63, 3.8) is 0 Å². The van der Waals surface area contributed by atoms with Crippen molar-refractivity contribution in [1.82, 2.24) is 4.98 Å². The van der Waals surface area contributed by atoms with Crippen LogP contribution in [0.3, 0.4) is 0 Å². The summed E-state index contributed by atoms with van der Waals surface area (Å²) in [6, 6.07) is 23.1. The minimum Gasteiger partial charge on any atom is -0.457 e. The van der Waals surface area contributed by atoms with E-state index in [1.54, 1.807) is 16.2 Å². The van der Waals surface area contributed by atoms with Crippen LogP contribution in [0.2, 0.25) is 0 Å². The first-order chi connectivity index (χ1) is 30.0. The Morgan fingerprint density at radius 1 is 0.691 bits per heavy atom. The van der Waals surface area contributed by atoms with Gasteiger partial charge in [0.2, 0.25) is 0 Å². The maximum atomic E-state index is 9.30. The highest BCUT2D eigenvalue weighted by molar-refractivity contribution is 7.20. The zero-order valence-corrected chi connectivity index (χ0v) is 30.8. The van der Waals surface area contributed by atoms with E-state index < -0.39 is 36.9 Å². The van der Waals surface area contributed by atoms with Crippen LogP contribution in [0.4, 0.5) is 32.8 Å². The molecular formula is C45H27B2N3O3S2.